The quantitative estimate of drug-likeness (QED) is 0.187. The van der Waals surface area contributed by atoms with E-state index in [-0.39, 0.29) is 6.17 Å². The summed E-state index contributed by atoms with van der Waals surface area (Å²) >= 11 is 1.86. The summed E-state index contributed by atoms with van der Waals surface area (Å²) in [4.78, 5) is 10.7. The second kappa shape index (κ2) is 13.1. The van der Waals surface area contributed by atoms with Crippen LogP contribution in [0, 0.1) is 0 Å². The highest BCUT2D eigenvalue weighted by atomic mass is 32.1. The van der Waals surface area contributed by atoms with Gasteiger partial charge in [-0.05, 0) is 69.6 Å². The zero-order chi connectivity index (χ0) is 38.2. The number of hydrogen-bond acceptors (Lipinski definition) is 4. The minimum Gasteiger partial charge on any atom is -0.344 e. The number of para-hydroxylation sites is 1. The number of benzene rings is 9. The van der Waals surface area contributed by atoms with Crippen molar-refractivity contribution in [1.82, 2.24) is 9.88 Å². The molecule has 0 aliphatic carbocycles. The fourth-order valence-electron chi connectivity index (χ4n) is 8.91. The van der Waals surface area contributed by atoms with E-state index in [1.807, 2.05) is 17.4 Å². The maximum absolute atomic E-state index is 5.36. The Labute approximate surface area is 338 Å². The highest BCUT2D eigenvalue weighted by Crippen LogP contribution is 2.44. The van der Waals surface area contributed by atoms with Crippen LogP contribution < -0.4 is 5.32 Å². The Kier molecular flexibility index (Phi) is 7.43. The van der Waals surface area contributed by atoms with Gasteiger partial charge in [0.25, 0.3) is 0 Å². The van der Waals surface area contributed by atoms with Gasteiger partial charge in [-0.15, -0.1) is 11.3 Å². The van der Waals surface area contributed by atoms with Crippen molar-refractivity contribution in [3.8, 4) is 16.8 Å². The van der Waals surface area contributed by atoms with Gasteiger partial charge < -0.3 is 9.88 Å². The largest absolute Gasteiger partial charge is 0.344 e. The van der Waals surface area contributed by atoms with Gasteiger partial charge in [0.05, 0.1) is 16.7 Å². The molecule has 272 valence electrons. The summed E-state index contributed by atoms with van der Waals surface area (Å²) in [5.41, 5.74) is 8.88. The summed E-state index contributed by atoms with van der Waals surface area (Å²) in [6.07, 6.45) is -0.317. The summed E-state index contributed by atoms with van der Waals surface area (Å²) in [5.74, 6) is 1.50. The summed E-state index contributed by atoms with van der Waals surface area (Å²) in [6.45, 7) is 0. The van der Waals surface area contributed by atoms with Crippen LogP contribution in [-0.2, 0) is 0 Å². The van der Waals surface area contributed by atoms with Crippen molar-refractivity contribution in [2.75, 3.05) is 0 Å². The van der Waals surface area contributed by atoms with Crippen LogP contribution in [0.5, 0.6) is 0 Å². The zero-order valence-electron chi connectivity index (χ0n) is 31.3. The number of thiophene rings is 1. The van der Waals surface area contributed by atoms with Crippen molar-refractivity contribution >= 4 is 86.5 Å². The number of fused-ring (bicyclic) bond motifs is 8. The van der Waals surface area contributed by atoms with Crippen molar-refractivity contribution in [3.05, 3.63) is 211 Å². The smallest absolute Gasteiger partial charge is 0.159 e. The van der Waals surface area contributed by atoms with Crippen LogP contribution in [0.25, 0.3) is 80.3 Å². The van der Waals surface area contributed by atoms with Crippen LogP contribution in [0.3, 0.4) is 0 Å². The lowest BCUT2D eigenvalue weighted by atomic mass is 9.97. The van der Waals surface area contributed by atoms with Crippen LogP contribution >= 0.6 is 11.3 Å². The molecule has 1 atom stereocenters. The van der Waals surface area contributed by atoms with Crippen LogP contribution in [0.2, 0.25) is 0 Å². The average Bonchev–Trinajstić information content (AvgIpc) is 3.83. The predicted octanol–water partition coefficient (Wildman–Crippen LogP) is 13.6. The summed E-state index contributed by atoms with van der Waals surface area (Å²) < 4.78 is 5.01. The molecule has 0 saturated carbocycles. The summed E-state index contributed by atoms with van der Waals surface area (Å²) in [7, 11) is 0. The molecule has 11 aromatic rings. The summed E-state index contributed by atoms with van der Waals surface area (Å²) in [5, 5.41) is 13.5. The van der Waals surface area contributed by atoms with E-state index in [9.17, 15) is 0 Å². The Morgan fingerprint density at radius 1 is 0.466 bits per heavy atom. The highest BCUT2D eigenvalue weighted by Gasteiger charge is 2.25. The lowest BCUT2D eigenvalue weighted by Gasteiger charge is -2.25. The fraction of sp³-hybridized carbons (Fsp3) is 0.0189. The first-order chi connectivity index (χ1) is 28.7. The topological polar surface area (TPSA) is 41.7 Å². The third-order valence-corrected chi connectivity index (χ3v) is 12.9. The zero-order valence-corrected chi connectivity index (χ0v) is 32.1. The Balaban J connectivity index is 1.14. The first-order valence-electron chi connectivity index (χ1n) is 19.7. The molecule has 1 aliphatic heterocycles. The monoisotopic (exact) mass is 758 g/mol. The van der Waals surface area contributed by atoms with Gasteiger partial charge in [-0.25, -0.2) is 9.98 Å². The molecule has 5 heteroatoms. The lowest BCUT2D eigenvalue weighted by Crippen LogP contribution is -2.33. The summed E-state index contributed by atoms with van der Waals surface area (Å²) in [6, 6.07) is 69.9. The minimum atomic E-state index is -0.317. The molecule has 0 spiro atoms. The highest BCUT2D eigenvalue weighted by molar-refractivity contribution is 7.26. The SMILES string of the molecule is c1ccc(C2N=C(c3ccc(-n4c5ccccc5c5cc6ccccc6cc54)c(-c4cccc5c4sc4ccccc45)c3)N=C(c3cccc4ccccc34)N2)cc1. The molecule has 1 aliphatic rings. The number of amidine groups is 2. The van der Waals surface area contributed by atoms with E-state index in [4.69, 9.17) is 9.98 Å². The lowest BCUT2D eigenvalue weighted by molar-refractivity contribution is 0.674. The maximum atomic E-state index is 5.36. The molecule has 4 nitrogen and oxygen atoms in total. The van der Waals surface area contributed by atoms with Gasteiger partial charge in [0.1, 0.15) is 12.0 Å². The third-order valence-electron chi connectivity index (χ3n) is 11.6. The second-order valence-corrected chi connectivity index (χ2v) is 16.0. The molecule has 12 rings (SSSR count). The Hall–Kier alpha value is -7.34. The van der Waals surface area contributed by atoms with Gasteiger partial charge >= 0.3 is 0 Å². The normalized spacial score (nSPS) is 14.4. The molecule has 0 fully saturated rings. The first kappa shape index (κ1) is 32.9. The van der Waals surface area contributed by atoms with Gasteiger partial charge in [-0.3, -0.25) is 0 Å². The van der Waals surface area contributed by atoms with E-state index in [1.54, 1.807) is 0 Å². The van der Waals surface area contributed by atoms with E-state index in [2.05, 4.69) is 198 Å². The molecule has 0 saturated heterocycles. The van der Waals surface area contributed by atoms with Crippen LogP contribution in [-0.4, -0.2) is 16.2 Å². The van der Waals surface area contributed by atoms with Gasteiger partial charge in [0.15, 0.2) is 5.84 Å². The number of nitrogens with zero attached hydrogens (tertiary/aromatic N) is 3. The predicted molar refractivity (Wildman–Crippen MR) is 246 cm³/mol. The number of aromatic nitrogens is 1. The number of aliphatic imine (C=N–C) groups is 2. The molecular formula is C53H34N4S. The molecule has 9 aromatic carbocycles. The molecule has 0 bridgehead atoms. The van der Waals surface area contributed by atoms with Gasteiger partial charge in [-0.2, -0.15) is 0 Å². The molecule has 58 heavy (non-hydrogen) atoms. The Bertz CT molecular complexity index is 3490. The second-order valence-electron chi connectivity index (χ2n) is 15.0. The van der Waals surface area contributed by atoms with E-state index in [0.29, 0.717) is 5.84 Å². The maximum Gasteiger partial charge on any atom is 0.159 e. The van der Waals surface area contributed by atoms with Crippen molar-refractivity contribution in [2.24, 2.45) is 9.98 Å². The number of nitrogens with one attached hydrogen (secondary N) is 1. The van der Waals surface area contributed by atoms with Gasteiger partial charge in [0.2, 0.25) is 0 Å². The standard InChI is InChI=1S/C53H34N4S/c1-2-15-34(16-3-1)51-54-52(56-53(55-51)43-25-12-19-33-14-6-7-20-38(33)43)37-28-29-47(45(31-37)42-24-13-23-41-40-22-9-11-27-49(40)58-50(41)42)57-46-26-10-8-21-39(46)44-30-35-17-4-5-18-36(35)32-48(44)57/h1-32,51H,(H,54,55,56). The average molecular weight is 759 g/mol. The van der Waals surface area contributed by atoms with Crippen molar-refractivity contribution in [1.29, 1.82) is 0 Å². The van der Waals surface area contributed by atoms with Crippen LogP contribution in [0.4, 0.5) is 0 Å². The first-order valence-corrected chi connectivity index (χ1v) is 20.5. The van der Waals surface area contributed by atoms with E-state index in [1.165, 1.54) is 63.7 Å². The van der Waals surface area contributed by atoms with Crippen molar-refractivity contribution in [3.63, 3.8) is 0 Å². The van der Waals surface area contributed by atoms with E-state index >= 15 is 0 Å². The minimum absolute atomic E-state index is 0.317. The van der Waals surface area contributed by atoms with Crippen molar-refractivity contribution in [2.45, 2.75) is 6.17 Å². The molecule has 0 radical (unpaired) electrons. The van der Waals surface area contributed by atoms with Crippen molar-refractivity contribution < 1.29 is 0 Å². The van der Waals surface area contributed by atoms with Crippen LogP contribution in [0.1, 0.15) is 22.9 Å². The fourth-order valence-corrected chi connectivity index (χ4v) is 10.1. The molecule has 0 amide bonds. The molecule has 1 N–H and O–H groups in total. The molecule has 3 heterocycles. The number of rotatable bonds is 5. The Morgan fingerprint density at radius 2 is 1.14 bits per heavy atom. The Morgan fingerprint density at radius 3 is 2.02 bits per heavy atom. The van der Waals surface area contributed by atoms with Crippen LogP contribution in [0.15, 0.2) is 204 Å². The van der Waals surface area contributed by atoms with E-state index in [0.717, 1.165) is 39.2 Å². The number of hydrogen-bond donors (Lipinski definition) is 1. The molecular weight excluding hydrogens is 725 g/mol. The van der Waals surface area contributed by atoms with E-state index < -0.39 is 0 Å². The molecule has 1 unspecified atom stereocenters. The van der Waals surface area contributed by atoms with Gasteiger partial charge in [0, 0.05) is 53.2 Å². The van der Waals surface area contributed by atoms with Gasteiger partial charge in [-0.1, -0.05) is 152 Å². The molecule has 2 aromatic heterocycles. The third kappa shape index (κ3) is 5.21.